The van der Waals surface area contributed by atoms with Crippen molar-refractivity contribution < 1.29 is 18.3 Å². The summed E-state index contributed by atoms with van der Waals surface area (Å²) < 4.78 is 40.5. The lowest BCUT2D eigenvalue weighted by Crippen LogP contribution is -2.33. The van der Waals surface area contributed by atoms with E-state index in [1.165, 1.54) is 43.7 Å². The molecule has 38 heavy (non-hydrogen) atoms. The topological polar surface area (TPSA) is 18.5 Å². The van der Waals surface area contributed by atoms with Gasteiger partial charge < -0.3 is 9.47 Å². The monoisotopic (exact) mass is 516 g/mol. The highest BCUT2D eigenvalue weighted by Gasteiger charge is 2.31. The maximum Gasteiger partial charge on any atom is 0.201 e. The molecule has 1 saturated heterocycles. The zero-order valence-electron chi connectivity index (χ0n) is 22.5. The van der Waals surface area contributed by atoms with Gasteiger partial charge in [-0.2, -0.15) is 4.39 Å². The molecule has 0 bridgehead atoms. The van der Waals surface area contributed by atoms with Gasteiger partial charge in [0.2, 0.25) is 5.82 Å². The van der Waals surface area contributed by atoms with E-state index in [1.54, 1.807) is 13.0 Å². The molecule has 1 saturated carbocycles. The van der Waals surface area contributed by atoms with Gasteiger partial charge in [-0.05, 0) is 98.6 Å². The quantitative estimate of drug-likeness (QED) is 0.291. The average molecular weight is 517 g/mol. The molecule has 1 aliphatic carbocycles. The fraction of sp³-hybridized carbons (Fsp3) is 0.412. The molecule has 3 aromatic rings. The largest absolute Gasteiger partial charge is 0.491 e. The average Bonchev–Trinajstić information content (AvgIpc) is 2.97. The molecule has 0 N–H and O–H groups in total. The summed E-state index contributed by atoms with van der Waals surface area (Å²) in [6, 6.07) is 19.4. The number of hydrogen-bond acceptors (Lipinski definition) is 2. The minimum absolute atomic E-state index is 0.0588. The van der Waals surface area contributed by atoms with Crippen molar-refractivity contribution >= 4 is 0 Å². The van der Waals surface area contributed by atoms with Crippen molar-refractivity contribution in [2.75, 3.05) is 13.2 Å². The molecular formula is C34H38F2O2. The van der Waals surface area contributed by atoms with Crippen molar-refractivity contribution in [1.29, 1.82) is 0 Å². The minimum atomic E-state index is -0.946. The Hall–Kier alpha value is -2.98. The van der Waals surface area contributed by atoms with E-state index in [0.29, 0.717) is 17.6 Å². The summed E-state index contributed by atoms with van der Waals surface area (Å²) in [6.07, 6.45) is 12.5. The smallest absolute Gasteiger partial charge is 0.201 e. The van der Waals surface area contributed by atoms with Crippen LogP contribution in [0, 0.1) is 23.5 Å². The molecular weight excluding hydrogens is 478 g/mol. The van der Waals surface area contributed by atoms with Gasteiger partial charge in [0, 0.05) is 11.5 Å². The second-order valence-electron chi connectivity index (χ2n) is 10.7. The van der Waals surface area contributed by atoms with Crippen LogP contribution in [0.5, 0.6) is 5.75 Å². The van der Waals surface area contributed by atoms with Gasteiger partial charge in [-0.1, -0.05) is 60.7 Å². The van der Waals surface area contributed by atoms with E-state index in [-0.39, 0.29) is 17.9 Å². The molecule has 4 heteroatoms. The molecule has 3 aromatic carbocycles. The van der Waals surface area contributed by atoms with Crippen LogP contribution in [0.1, 0.15) is 63.9 Å². The third kappa shape index (κ3) is 5.86. The summed E-state index contributed by atoms with van der Waals surface area (Å²) in [7, 11) is 0. The lowest BCUT2D eigenvalue weighted by molar-refractivity contribution is -0.0419. The lowest BCUT2D eigenvalue weighted by Gasteiger charge is -2.37. The number of allylic oxidation sites excluding steroid dienone is 2. The molecule has 0 aromatic heterocycles. The van der Waals surface area contributed by atoms with Crippen LogP contribution in [-0.2, 0) is 4.74 Å². The molecule has 0 amide bonds. The fourth-order valence-electron chi connectivity index (χ4n) is 6.20. The van der Waals surface area contributed by atoms with Crippen LogP contribution in [0.3, 0.4) is 0 Å². The Morgan fingerprint density at radius 3 is 2.05 bits per heavy atom. The Kier molecular flexibility index (Phi) is 8.58. The van der Waals surface area contributed by atoms with E-state index in [4.69, 9.17) is 9.47 Å². The summed E-state index contributed by atoms with van der Waals surface area (Å²) in [6.45, 7) is 4.95. The van der Waals surface area contributed by atoms with E-state index >= 15 is 0 Å². The highest BCUT2D eigenvalue weighted by Crippen LogP contribution is 2.39. The maximum atomic E-state index is 14.6. The van der Waals surface area contributed by atoms with E-state index in [2.05, 4.69) is 43.3 Å². The molecule has 2 fully saturated rings. The van der Waals surface area contributed by atoms with Gasteiger partial charge in [-0.15, -0.1) is 0 Å². The Morgan fingerprint density at radius 1 is 0.789 bits per heavy atom. The van der Waals surface area contributed by atoms with Gasteiger partial charge in [0.05, 0.1) is 19.3 Å². The summed E-state index contributed by atoms with van der Waals surface area (Å²) in [5, 5.41) is 0. The molecule has 2 nitrogen and oxygen atoms in total. The van der Waals surface area contributed by atoms with Crippen molar-refractivity contribution in [2.24, 2.45) is 11.8 Å². The highest BCUT2D eigenvalue weighted by molar-refractivity contribution is 5.71. The van der Waals surface area contributed by atoms with E-state index in [9.17, 15) is 8.78 Å². The van der Waals surface area contributed by atoms with Crippen molar-refractivity contribution in [1.82, 2.24) is 0 Å². The van der Waals surface area contributed by atoms with Crippen LogP contribution < -0.4 is 4.74 Å². The van der Waals surface area contributed by atoms with E-state index < -0.39 is 11.6 Å². The van der Waals surface area contributed by atoms with Crippen molar-refractivity contribution in [3.05, 3.63) is 90.0 Å². The molecule has 200 valence electrons. The number of hydrogen-bond donors (Lipinski definition) is 0. The van der Waals surface area contributed by atoms with Gasteiger partial charge in [-0.3, -0.25) is 0 Å². The predicted octanol–water partition coefficient (Wildman–Crippen LogP) is 9.34. The number of ether oxygens (including phenoxy) is 2. The zero-order valence-corrected chi connectivity index (χ0v) is 22.5. The van der Waals surface area contributed by atoms with Gasteiger partial charge in [0.25, 0.3) is 0 Å². The molecule has 1 aliphatic heterocycles. The van der Waals surface area contributed by atoms with Crippen LogP contribution >= 0.6 is 0 Å². The Labute approximate surface area is 225 Å². The Morgan fingerprint density at radius 2 is 1.45 bits per heavy atom. The van der Waals surface area contributed by atoms with Crippen LogP contribution in [-0.4, -0.2) is 19.3 Å². The van der Waals surface area contributed by atoms with Crippen molar-refractivity contribution in [2.45, 2.75) is 64.4 Å². The number of benzene rings is 3. The summed E-state index contributed by atoms with van der Waals surface area (Å²) in [5.41, 5.74) is 4.34. The normalized spacial score (nSPS) is 24.0. The molecule has 0 spiro atoms. The molecule has 2 aliphatic rings. The Balaban J connectivity index is 1.19. The van der Waals surface area contributed by atoms with Crippen LogP contribution in [0.15, 0.2) is 72.8 Å². The van der Waals surface area contributed by atoms with E-state index in [0.717, 1.165) is 36.0 Å². The second-order valence-corrected chi connectivity index (χ2v) is 10.7. The number of rotatable bonds is 7. The molecule has 2 atom stereocenters. The molecule has 2 unspecified atom stereocenters. The predicted molar refractivity (Wildman–Crippen MR) is 150 cm³/mol. The SMILES string of the molecule is C/C=C/C1CCC(C2CCC(c3ccc(-c4ccc(-c5ccc(OCC)c(F)c5F)cc4)cc3)CO2)CC1. The first-order chi connectivity index (χ1) is 18.6. The number of halogens is 2. The summed E-state index contributed by atoms with van der Waals surface area (Å²) in [5.74, 6) is 0.0373. The highest BCUT2D eigenvalue weighted by atomic mass is 19.2. The first-order valence-corrected chi connectivity index (χ1v) is 14.1. The third-order valence-electron chi connectivity index (χ3n) is 8.38. The third-order valence-corrected chi connectivity index (χ3v) is 8.38. The van der Waals surface area contributed by atoms with Crippen LogP contribution in [0.2, 0.25) is 0 Å². The van der Waals surface area contributed by atoms with Crippen molar-refractivity contribution in [3.8, 4) is 28.0 Å². The zero-order chi connectivity index (χ0) is 26.5. The second kappa shape index (κ2) is 12.3. The first-order valence-electron chi connectivity index (χ1n) is 14.1. The van der Waals surface area contributed by atoms with Crippen LogP contribution in [0.4, 0.5) is 8.78 Å². The molecule has 5 rings (SSSR count). The van der Waals surface area contributed by atoms with Gasteiger partial charge in [0.15, 0.2) is 11.6 Å². The van der Waals surface area contributed by atoms with E-state index in [1.807, 2.05) is 24.3 Å². The standard InChI is InChI=1S/C34H38F2O2/c1-3-5-23-6-8-28(9-7-23)31-20-18-29(22-38-31)26-12-10-24(11-13-26)25-14-16-27(17-15-25)30-19-21-32(37-4-2)34(36)33(30)35/h3,5,10-17,19,21,23,28-29,31H,4,6-9,18,20,22H2,1-2H3/b5-3+. The van der Waals surface area contributed by atoms with Gasteiger partial charge in [0.1, 0.15) is 0 Å². The summed E-state index contributed by atoms with van der Waals surface area (Å²) >= 11 is 0. The minimum Gasteiger partial charge on any atom is -0.491 e. The van der Waals surface area contributed by atoms with Crippen LogP contribution in [0.25, 0.3) is 22.3 Å². The maximum absolute atomic E-state index is 14.6. The molecule has 1 heterocycles. The van der Waals surface area contributed by atoms with Gasteiger partial charge >= 0.3 is 0 Å². The Bertz CT molecular complexity index is 1220. The molecule has 0 radical (unpaired) electrons. The fourth-order valence-corrected chi connectivity index (χ4v) is 6.20. The van der Waals surface area contributed by atoms with Crippen molar-refractivity contribution in [3.63, 3.8) is 0 Å². The lowest BCUT2D eigenvalue weighted by atomic mass is 9.76. The first kappa shape index (κ1) is 26.6. The van der Waals surface area contributed by atoms with Gasteiger partial charge in [-0.25, -0.2) is 4.39 Å². The summed E-state index contributed by atoms with van der Waals surface area (Å²) in [4.78, 5) is 0.